The fourth-order valence-corrected chi connectivity index (χ4v) is 2.08. The number of rotatable bonds is 7. The Morgan fingerprint density at radius 1 is 1.16 bits per heavy atom. The molecule has 2 rings (SSSR count). The van der Waals surface area contributed by atoms with Gasteiger partial charge in [0, 0.05) is 12.1 Å². The van der Waals surface area contributed by atoms with E-state index in [1.54, 1.807) is 37.3 Å². The fraction of sp³-hybridized carbons (Fsp3) is 0.263. The summed E-state index contributed by atoms with van der Waals surface area (Å²) in [6.45, 7) is 3.03. The number of esters is 1. The first kappa shape index (κ1) is 18.4. The lowest BCUT2D eigenvalue weighted by atomic mass is 10.2. The molecule has 1 amide bonds. The summed E-state index contributed by atoms with van der Waals surface area (Å²) in [6, 6.07) is 13.4. The van der Waals surface area contributed by atoms with Crippen molar-refractivity contribution in [1.29, 1.82) is 0 Å². The summed E-state index contributed by atoms with van der Waals surface area (Å²) in [7, 11) is 0. The average molecular weight is 345 g/mol. The molecule has 0 unspecified atom stereocenters. The molecule has 0 radical (unpaired) electrons. The molecule has 0 bridgehead atoms. The molecule has 0 saturated heterocycles. The molecule has 132 valence electrons. The summed E-state index contributed by atoms with van der Waals surface area (Å²) in [5.74, 6) is -1.02. The minimum atomic E-state index is -0.846. The van der Waals surface area contributed by atoms with Gasteiger partial charge in [-0.3, -0.25) is 4.79 Å². The Bertz CT molecular complexity index is 748. The number of carbonyl (C=O) groups is 2. The first-order valence-corrected chi connectivity index (χ1v) is 7.86. The van der Waals surface area contributed by atoms with Crippen LogP contribution in [0.25, 0.3) is 0 Å². The summed E-state index contributed by atoms with van der Waals surface area (Å²) in [6.07, 6.45) is -0.846. The first-order chi connectivity index (χ1) is 12.0. The predicted molar refractivity (Wildman–Crippen MR) is 90.5 cm³/mol. The van der Waals surface area contributed by atoms with Crippen molar-refractivity contribution < 1.29 is 23.5 Å². The van der Waals surface area contributed by atoms with Crippen molar-refractivity contribution in [2.45, 2.75) is 26.5 Å². The maximum Gasteiger partial charge on any atom is 0.347 e. The minimum absolute atomic E-state index is 0.0262. The van der Waals surface area contributed by atoms with Crippen molar-refractivity contribution >= 4 is 11.9 Å². The van der Waals surface area contributed by atoms with E-state index in [1.165, 1.54) is 6.07 Å². The van der Waals surface area contributed by atoms with E-state index < -0.39 is 30.4 Å². The zero-order chi connectivity index (χ0) is 18.2. The largest absolute Gasteiger partial charge is 0.479 e. The number of hydrogen-bond donors (Lipinski definition) is 1. The van der Waals surface area contributed by atoms with E-state index >= 15 is 0 Å². The second kappa shape index (κ2) is 8.82. The van der Waals surface area contributed by atoms with Crippen LogP contribution in [0.2, 0.25) is 0 Å². The Kier molecular flexibility index (Phi) is 6.51. The first-order valence-electron chi connectivity index (χ1n) is 7.86. The molecule has 0 heterocycles. The third-order valence-electron chi connectivity index (χ3n) is 3.41. The molecule has 1 atom stereocenters. The van der Waals surface area contributed by atoms with Crippen molar-refractivity contribution in [2.75, 3.05) is 6.61 Å². The van der Waals surface area contributed by atoms with E-state index in [2.05, 4.69) is 5.32 Å². The molecule has 5 nitrogen and oxygen atoms in total. The lowest BCUT2D eigenvalue weighted by molar-refractivity contribution is -0.154. The SMILES string of the molecule is Cc1cccc(O[C@H](C)C(=O)OCC(=O)NCc2ccccc2F)c1. The second-order valence-corrected chi connectivity index (χ2v) is 5.55. The number of ether oxygens (including phenoxy) is 2. The second-order valence-electron chi connectivity index (χ2n) is 5.55. The smallest absolute Gasteiger partial charge is 0.347 e. The van der Waals surface area contributed by atoms with Crippen LogP contribution in [0.3, 0.4) is 0 Å². The Hall–Kier alpha value is -2.89. The summed E-state index contributed by atoms with van der Waals surface area (Å²) in [5, 5.41) is 2.49. The van der Waals surface area contributed by atoms with Gasteiger partial charge in [-0.1, -0.05) is 30.3 Å². The zero-order valence-electron chi connectivity index (χ0n) is 14.1. The Morgan fingerprint density at radius 2 is 1.92 bits per heavy atom. The number of hydrogen-bond acceptors (Lipinski definition) is 4. The number of amides is 1. The number of carbonyl (C=O) groups excluding carboxylic acids is 2. The number of nitrogens with one attached hydrogen (secondary N) is 1. The Labute approximate surface area is 145 Å². The number of benzene rings is 2. The average Bonchev–Trinajstić information content (AvgIpc) is 2.59. The molecule has 6 heteroatoms. The normalized spacial score (nSPS) is 11.5. The van der Waals surface area contributed by atoms with Gasteiger partial charge in [-0.05, 0) is 37.6 Å². The summed E-state index contributed by atoms with van der Waals surface area (Å²) in [4.78, 5) is 23.6. The topological polar surface area (TPSA) is 64.6 Å². The van der Waals surface area contributed by atoms with Gasteiger partial charge in [-0.2, -0.15) is 0 Å². The maximum atomic E-state index is 13.4. The highest BCUT2D eigenvalue weighted by Gasteiger charge is 2.18. The predicted octanol–water partition coefficient (Wildman–Crippen LogP) is 2.76. The van der Waals surface area contributed by atoms with Gasteiger partial charge in [-0.25, -0.2) is 9.18 Å². The van der Waals surface area contributed by atoms with Gasteiger partial charge in [0.15, 0.2) is 12.7 Å². The van der Waals surface area contributed by atoms with Crippen LogP contribution in [-0.2, 0) is 20.9 Å². The third-order valence-corrected chi connectivity index (χ3v) is 3.41. The highest BCUT2D eigenvalue weighted by atomic mass is 19.1. The Balaban J connectivity index is 1.75. The van der Waals surface area contributed by atoms with Gasteiger partial charge in [0.1, 0.15) is 11.6 Å². The van der Waals surface area contributed by atoms with Crippen LogP contribution in [0.5, 0.6) is 5.75 Å². The van der Waals surface area contributed by atoms with Crippen LogP contribution in [0, 0.1) is 12.7 Å². The van der Waals surface area contributed by atoms with Crippen LogP contribution in [0.4, 0.5) is 4.39 Å². The maximum absolute atomic E-state index is 13.4. The standard InChI is InChI=1S/C19H20FNO4/c1-13-6-5-8-16(10-13)25-14(2)19(23)24-12-18(22)21-11-15-7-3-4-9-17(15)20/h3-10,14H,11-12H2,1-2H3,(H,21,22)/t14-/m1/s1. The highest BCUT2D eigenvalue weighted by Crippen LogP contribution is 2.14. The molecular weight excluding hydrogens is 325 g/mol. The van der Waals surface area contributed by atoms with Crippen molar-refractivity contribution in [3.8, 4) is 5.75 Å². The van der Waals surface area contributed by atoms with Crippen LogP contribution >= 0.6 is 0 Å². The molecule has 2 aromatic rings. The monoisotopic (exact) mass is 345 g/mol. The van der Waals surface area contributed by atoms with Gasteiger partial charge in [0.25, 0.3) is 5.91 Å². The fourth-order valence-electron chi connectivity index (χ4n) is 2.08. The van der Waals surface area contributed by atoms with E-state index in [0.717, 1.165) is 5.56 Å². The third kappa shape index (κ3) is 5.91. The van der Waals surface area contributed by atoms with Crippen molar-refractivity contribution in [2.24, 2.45) is 0 Å². The van der Waals surface area contributed by atoms with Gasteiger partial charge < -0.3 is 14.8 Å². The van der Waals surface area contributed by atoms with Gasteiger partial charge in [0.05, 0.1) is 0 Å². The molecule has 1 N–H and O–H groups in total. The quantitative estimate of drug-likeness (QED) is 0.784. The molecule has 2 aromatic carbocycles. The summed E-state index contributed by atoms with van der Waals surface area (Å²) < 4.78 is 23.8. The van der Waals surface area contributed by atoms with E-state index in [1.807, 2.05) is 19.1 Å². The van der Waals surface area contributed by atoms with Gasteiger partial charge in [-0.15, -0.1) is 0 Å². The van der Waals surface area contributed by atoms with Crippen molar-refractivity contribution in [1.82, 2.24) is 5.32 Å². The molecule has 0 fully saturated rings. The molecule has 25 heavy (non-hydrogen) atoms. The van der Waals surface area contributed by atoms with E-state index in [0.29, 0.717) is 11.3 Å². The van der Waals surface area contributed by atoms with Crippen LogP contribution in [0.1, 0.15) is 18.1 Å². The molecule has 0 spiro atoms. The minimum Gasteiger partial charge on any atom is -0.479 e. The lowest BCUT2D eigenvalue weighted by Crippen LogP contribution is -2.32. The number of aryl methyl sites for hydroxylation is 1. The van der Waals surface area contributed by atoms with Crippen LogP contribution in [0.15, 0.2) is 48.5 Å². The lowest BCUT2D eigenvalue weighted by Gasteiger charge is -2.14. The molecule has 0 saturated carbocycles. The van der Waals surface area contributed by atoms with E-state index in [-0.39, 0.29) is 6.54 Å². The number of halogens is 1. The van der Waals surface area contributed by atoms with E-state index in [9.17, 15) is 14.0 Å². The summed E-state index contributed by atoms with van der Waals surface area (Å²) >= 11 is 0. The molecule has 0 aliphatic heterocycles. The molecule has 0 aliphatic rings. The van der Waals surface area contributed by atoms with Gasteiger partial charge in [0.2, 0.25) is 0 Å². The van der Waals surface area contributed by atoms with Crippen molar-refractivity contribution in [3.05, 3.63) is 65.5 Å². The van der Waals surface area contributed by atoms with Crippen molar-refractivity contribution in [3.63, 3.8) is 0 Å². The molecule has 0 aromatic heterocycles. The molecular formula is C19H20FNO4. The van der Waals surface area contributed by atoms with Crippen LogP contribution < -0.4 is 10.1 Å². The van der Waals surface area contributed by atoms with Crippen LogP contribution in [-0.4, -0.2) is 24.6 Å². The van der Waals surface area contributed by atoms with Gasteiger partial charge >= 0.3 is 5.97 Å². The Morgan fingerprint density at radius 3 is 2.64 bits per heavy atom. The zero-order valence-corrected chi connectivity index (χ0v) is 14.1. The highest BCUT2D eigenvalue weighted by molar-refractivity contribution is 5.81. The summed E-state index contributed by atoms with van der Waals surface area (Å²) in [5.41, 5.74) is 1.36. The molecule has 0 aliphatic carbocycles. The van der Waals surface area contributed by atoms with E-state index in [4.69, 9.17) is 9.47 Å².